The minimum absolute atomic E-state index is 0.0204. The average Bonchev–Trinajstić information content (AvgIpc) is 2.84. The third kappa shape index (κ3) is 2.72. The standard InChI is InChI=1S/C16H19ClN2O2S/c1-12-3-2-4-13(9-12)19-15(21)11-22-16(19)5-7-18(8-6-16)14(20)10-17/h2-4,9H,5-8,10-11H2,1H3. The SMILES string of the molecule is Cc1cccc(N2C(=O)CSC23CCN(C(=O)CCl)CC3)c1. The number of carbonyl (C=O) groups is 2. The van der Waals surface area contributed by atoms with E-state index in [2.05, 4.69) is 6.07 Å². The second-order valence-electron chi connectivity index (χ2n) is 5.82. The highest BCUT2D eigenvalue weighted by Gasteiger charge is 2.48. The van der Waals surface area contributed by atoms with E-state index in [1.807, 2.05) is 30.0 Å². The summed E-state index contributed by atoms with van der Waals surface area (Å²) in [7, 11) is 0. The second kappa shape index (κ2) is 6.13. The van der Waals surface area contributed by atoms with Crippen LogP contribution in [-0.4, -0.2) is 46.3 Å². The van der Waals surface area contributed by atoms with Crippen molar-refractivity contribution in [3.8, 4) is 0 Å². The Kier molecular flexibility index (Phi) is 4.37. The number of amides is 2. The number of hydrogen-bond acceptors (Lipinski definition) is 3. The number of alkyl halides is 1. The molecule has 2 heterocycles. The van der Waals surface area contributed by atoms with Gasteiger partial charge in [-0.1, -0.05) is 12.1 Å². The minimum Gasteiger partial charge on any atom is -0.341 e. The Morgan fingerprint density at radius 3 is 2.73 bits per heavy atom. The largest absolute Gasteiger partial charge is 0.341 e. The second-order valence-corrected chi connectivity index (χ2v) is 7.42. The maximum absolute atomic E-state index is 12.4. The van der Waals surface area contributed by atoms with Gasteiger partial charge >= 0.3 is 0 Å². The highest BCUT2D eigenvalue weighted by atomic mass is 35.5. The summed E-state index contributed by atoms with van der Waals surface area (Å²) in [5, 5.41) is 0. The normalized spacial score (nSPS) is 20.7. The Morgan fingerprint density at radius 2 is 2.09 bits per heavy atom. The van der Waals surface area contributed by atoms with E-state index in [0.29, 0.717) is 18.8 Å². The fourth-order valence-electron chi connectivity index (χ4n) is 3.26. The minimum atomic E-state index is -0.214. The van der Waals surface area contributed by atoms with Gasteiger partial charge in [0.2, 0.25) is 11.8 Å². The summed E-state index contributed by atoms with van der Waals surface area (Å²) in [5.41, 5.74) is 2.11. The Morgan fingerprint density at radius 1 is 1.36 bits per heavy atom. The third-order valence-corrected chi connectivity index (χ3v) is 6.14. The number of aryl methyl sites for hydroxylation is 1. The summed E-state index contributed by atoms with van der Waals surface area (Å²) in [6.45, 7) is 3.36. The van der Waals surface area contributed by atoms with Crippen LogP contribution >= 0.6 is 23.4 Å². The first-order valence-corrected chi connectivity index (χ1v) is 8.95. The maximum atomic E-state index is 12.4. The van der Waals surface area contributed by atoms with Gasteiger partial charge in [0, 0.05) is 18.8 Å². The van der Waals surface area contributed by atoms with Gasteiger partial charge in [-0.25, -0.2) is 0 Å². The molecular weight excluding hydrogens is 320 g/mol. The summed E-state index contributed by atoms with van der Waals surface area (Å²) in [4.78, 5) is 27.7. The van der Waals surface area contributed by atoms with Crippen LogP contribution in [0.4, 0.5) is 5.69 Å². The quantitative estimate of drug-likeness (QED) is 0.778. The van der Waals surface area contributed by atoms with E-state index in [1.54, 1.807) is 16.7 Å². The first-order chi connectivity index (χ1) is 10.6. The lowest BCUT2D eigenvalue weighted by Gasteiger charge is -2.44. The molecule has 1 spiro atoms. The molecule has 3 rings (SSSR count). The van der Waals surface area contributed by atoms with Crippen molar-refractivity contribution in [1.82, 2.24) is 4.90 Å². The van der Waals surface area contributed by atoms with Gasteiger partial charge in [0.1, 0.15) is 5.88 Å². The van der Waals surface area contributed by atoms with Crippen LogP contribution in [0.15, 0.2) is 24.3 Å². The molecule has 0 atom stereocenters. The molecule has 0 saturated carbocycles. The van der Waals surface area contributed by atoms with E-state index in [0.717, 1.165) is 24.1 Å². The Balaban J connectivity index is 1.84. The number of nitrogens with zero attached hydrogens (tertiary/aromatic N) is 2. The first kappa shape index (κ1) is 15.7. The number of piperidine rings is 1. The van der Waals surface area contributed by atoms with Crippen LogP contribution in [-0.2, 0) is 9.59 Å². The predicted octanol–water partition coefficient (Wildman–Crippen LogP) is 2.63. The fourth-order valence-corrected chi connectivity index (χ4v) is 4.75. The van der Waals surface area contributed by atoms with Gasteiger partial charge in [-0.3, -0.25) is 14.5 Å². The topological polar surface area (TPSA) is 40.6 Å². The van der Waals surface area contributed by atoms with Crippen LogP contribution in [0.25, 0.3) is 0 Å². The monoisotopic (exact) mass is 338 g/mol. The van der Waals surface area contributed by atoms with Crippen LogP contribution in [0.2, 0.25) is 0 Å². The number of anilines is 1. The molecule has 22 heavy (non-hydrogen) atoms. The Bertz CT molecular complexity index is 600. The van der Waals surface area contributed by atoms with E-state index in [1.165, 1.54) is 0 Å². The zero-order valence-electron chi connectivity index (χ0n) is 12.5. The van der Waals surface area contributed by atoms with Gasteiger partial charge < -0.3 is 4.90 Å². The molecule has 2 aliphatic heterocycles. The molecule has 1 aromatic rings. The fraction of sp³-hybridized carbons (Fsp3) is 0.500. The Hall–Kier alpha value is -1.20. The molecule has 2 amide bonds. The molecule has 0 radical (unpaired) electrons. The number of halogens is 1. The Labute approximate surface area is 139 Å². The molecule has 0 N–H and O–H groups in total. The summed E-state index contributed by atoms with van der Waals surface area (Å²) in [6, 6.07) is 8.07. The van der Waals surface area contributed by atoms with Gasteiger partial charge in [-0.05, 0) is 37.5 Å². The van der Waals surface area contributed by atoms with Crippen molar-refractivity contribution in [2.75, 3.05) is 29.6 Å². The van der Waals surface area contributed by atoms with Gasteiger partial charge in [-0.15, -0.1) is 23.4 Å². The molecule has 0 aliphatic carbocycles. The van der Waals surface area contributed by atoms with Crippen LogP contribution < -0.4 is 4.90 Å². The van der Waals surface area contributed by atoms with Gasteiger partial charge in [0.15, 0.2) is 0 Å². The number of likely N-dealkylation sites (tertiary alicyclic amines) is 1. The van der Waals surface area contributed by atoms with Gasteiger partial charge in [-0.2, -0.15) is 0 Å². The van der Waals surface area contributed by atoms with Crippen molar-refractivity contribution in [1.29, 1.82) is 0 Å². The zero-order valence-corrected chi connectivity index (χ0v) is 14.1. The number of carbonyl (C=O) groups excluding carboxylic acids is 2. The molecule has 118 valence electrons. The smallest absolute Gasteiger partial charge is 0.238 e. The van der Waals surface area contributed by atoms with E-state index < -0.39 is 0 Å². The van der Waals surface area contributed by atoms with Gasteiger partial charge in [0.25, 0.3) is 0 Å². The summed E-state index contributed by atoms with van der Waals surface area (Å²) in [5.74, 6) is 0.679. The number of thioether (sulfide) groups is 1. The van der Waals surface area contributed by atoms with Crippen molar-refractivity contribution in [2.24, 2.45) is 0 Å². The lowest BCUT2D eigenvalue weighted by Crippen LogP contribution is -2.53. The van der Waals surface area contributed by atoms with Crippen molar-refractivity contribution < 1.29 is 9.59 Å². The van der Waals surface area contributed by atoms with Crippen molar-refractivity contribution in [2.45, 2.75) is 24.6 Å². The molecule has 2 fully saturated rings. The van der Waals surface area contributed by atoms with Crippen LogP contribution in [0, 0.1) is 6.92 Å². The molecule has 0 aromatic heterocycles. The third-order valence-electron chi connectivity index (χ3n) is 4.39. The lowest BCUT2D eigenvalue weighted by molar-refractivity contribution is -0.129. The van der Waals surface area contributed by atoms with Gasteiger partial charge in [0.05, 0.1) is 10.6 Å². The van der Waals surface area contributed by atoms with Crippen molar-refractivity contribution >= 4 is 40.9 Å². The zero-order chi connectivity index (χ0) is 15.7. The molecular formula is C16H19ClN2O2S. The maximum Gasteiger partial charge on any atom is 0.238 e. The summed E-state index contributed by atoms with van der Waals surface area (Å²) < 4.78 is 0. The van der Waals surface area contributed by atoms with Crippen LogP contribution in [0.3, 0.4) is 0 Å². The van der Waals surface area contributed by atoms with E-state index >= 15 is 0 Å². The summed E-state index contributed by atoms with van der Waals surface area (Å²) >= 11 is 7.35. The molecule has 0 bridgehead atoms. The van der Waals surface area contributed by atoms with E-state index in [4.69, 9.17) is 11.6 Å². The van der Waals surface area contributed by atoms with Crippen molar-refractivity contribution in [3.05, 3.63) is 29.8 Å². The molecule has 2 saturated heterocycles. The van der Waals surface area contributed by atoms with E-state index in [9.17, 15) is 9.59 Å². The predicted molar refractivity (Wildman–Crippen MR) is 90.4 cm³/mol. The lowest BCUT2D eigenvalue weighted by atomic mass is 10.0. The summed E-state index contributed by atoms with van der Waals surface area (Å²) in [6.07, 6.45) is 1.58. The average molecular weight is 339 g/mol. The van der Waals surface area contributed by atoms with E-state index in [-0.39, 0.29) is 22.6 Å². The number of benzene rings is 1. The van der Waals surface area contributed by atoms with Crippen molar-refractivity contribution in [3.63, 3.8) is 0 Å². The molecule has 2 aliphatic rings. The molecule has 4 nitrogen and oxygen atoms in total. The highest BCUT2D eigenvalue weighted by molar-refractivity contribution is 8.02. The molecule has 0 unspecified atom stereocenters. The van der Waals surface area contributed by atoms with Crippen LogP contribution in [0.5, 0.6) is 0 Å². The number of rotatable bonds is 2. The molecule has 1 aromatic carbocycles. The molecule has 6 heteroatoms. The number of hydrogen-bond donors (Lipinski definition) is 0. The van der Waals surface area contributed by atoms with Crippen LogP contribution in [0.1, 0.15) is 18.4 Å². The first-order valence-electron chi connectivity index (χ1n) is 7.43. The highest BCUT2D eigenvalue weighted by Crippen LogP contribution is 2.46.